The molecule has 2 heterocycles. The van der Waals surface area contributed by atoms with Gasteiger partial charge in [-0.3, -0.25) is 4.90 Å². The Bertz CT molecular complexity index is 241. The van der Waals surface area contributed by atoms with Crippen molar-refractivity contribution in [2.75, 3.05) is 39.8 Å². The Kier molecular flexibility index (Phi) is 3.57. The van der Waals surface area contributed by atoms with Gasteiger partial charge in [0.25, 0.3) is 0 Å². The van der Waals surface area contributed by atoms with Gasteiger partial charge in [0, 0.05) is 25.2 Å². The molecule has 0 aromatic carbocycles. The Labute approximate surface area is 100.0 Å². The molecule has 3 nitrogen and oxygen atoms in total. The van der Waals surface area contributed by atoms with Gasteiger partial charge < -0.3 is 10.6 Å². The summed E-state index contributed by atoms with van der Waals surface area (Å²) in [6.45, 7) is 10.4. The minimum Gasteiger partial charge on any atom is -0.329 e. The summed E-state index contributed by atoms with van der Waals surface area (Å²) in [7, 11) is 2.28. The largest absolute Gasteiger partial charge is 0.329 e. The van der Waals surface area contributed by atoms with Crippen LogP contribution in [0, 0.1) is 11.8 Å². The molecule has 0 spiro atoms. The van der Waals surface area contributed by atoms with Crippen LogP contribution in [0.2, 0.25) is 0 Å². The molecule has 0 aliphatic carbocycles. The molecule has 3 heteroatoms. The fourth-order valence-electron chi connectivity index (χ4n) is 3.69. The average Bonchev–Trinajstić information content (AvgIpc) is 2.62. The number of likely N-dealkylation sites (N-methyl/N-ethyl adjacent to an activating group) is 1. The second kappa shape index (κ2) is 4.63. The minimum atomic E-state index is 0.289. The predicted molar refractivity (Wildman–Crippen MR) is 68.4 cm³/mol. The van der Waals surface area contributed by atoms with Crippen molar-refractivity contribution in [1.82, 2.24) is 9.80 Å². The zero-order valence-corrected chi connectivity index (χ0v) is 11.1. The third-order valence-corrected chi connectivity index (χ3v) is 4.65. The lowest BCUT2D eigenvalue weighted by atomic mass is 9.77. The zero-order valence-electron chi connectivity index (χ0n) is 11.1. The van der Waals surface area contributed by atoms with Crippen molar-refractivity contribution in [3.05, 3.63) is 0 Å². The van der Waals surface area contributed by atoms with E-state index < -0.39 is 0 Å². The summed E-state index contributed by atoms with van der Waals surface area (Å²) in [6.07, 6.45) is 2.61. The molecule has 0 radical (unpaired) electrons. The van der Waals surface area contributed by atoms with E-state index in [1.165, 1.54) is 39.0 Å². The number of rotatable bonds is 4. The van der Waals surface area contributed by atoms with Crippen LogP contribution in [0.4, 0.5) is 0 Å². The van der Waals surface area contributed by atoms with Crippen molar-refractivity contribution in [3.63, 3.8) is 0 Å². The van der Waals surface area contributed by atoms with Crippen LogP contribution in [0.25, 0.3) is 0 Å². The molecule has 3 unspecified atom stereocenters. The van der Waals surface area contributed by atoms with Gasteiger partial charge in [-0.2, -0.15) is 0 Å². The average molecular weight is 225 g/mol. The first kappa shape index (κ1) is 12.3. The Morgan fingerprint density at radius 3 is 2.81 bits per heavy atom. The number of nitrogens with two attached hydrogens (primary N) is 1. The normalized spacial score (nSPS) is 38.6. The summed E-state index contributed by atoms with van der Waals surface area (Å²) in [5.74, 6) is 1.53. The van der Waals surface area contributed by atoms with Gasteiger partial charge in [-0.05, 0) is 44.8 Å². The summed E-state index contributed by atoms with van der Waals surface area (Å²) in [5.41, 5.74) is 6.43. The third-order valence-electron chi connectivity index (χ3n) is 4.65. The van der Waals surface area contributed by atoms with Crippen LogP contribution >= 0.6 is 0 Å². The SMILES string of the molecule is CC(C)CN(C)C1(CN)CCN2CCC1C2. The highest BCUT2D eigenvalue weighted by atomic mass is 15.3. The van der Waals surface area contributed by atoms with Crippen LogP contribution in [-0.2, 0) is 0 Å². The van der Waals surface area contributed by atoms with Gasteiger partial charge in [-0.1, -0.05) is 13.8 Å². The topological polar surface area (TPSA) is 32.5 Å². The van der Waals surface area contributed by atoms with E-state index in [9.17, 15) is 0 Å². The Balaban J connectivity index is 2.11. The molecule has 0 aromatic heterocycles. The fraction of sp³-hybridized carbons (Fsp3) is 1.00. The van der Waals surface area contributed by atoms with E-state index in [4.69, 9.17) is 5.73 Å². The predicted octanol–water partition coefficient (Wildman–Crippen LogP) is 0.997. The van der Waals surface area contributed by atoms with E-state index in [2.05, 4.69) is 30.7 Å². The summed E-state index contributed by atoms with van der Waals surface area (Å²) in [5, 5.41) is 0. The highest BCUT2D eigenvalue weighted by Gasteiger charge is 2.47. The monoisotopic (exact) mass is 225 g/mol. The Morgan fingerprint density at radius 1 is 1.44 bits per heavy atom. The van der Waals surface area contributed by atoms with Crippen LogP contribution in [0.3, 0.4) is 0 Å². The number of fused-ring (bicyclic) bond motifs is 2. The molecule has 2 aliphatic rings. The van der Waals surface area contributed by atoms with Gasteiger partial charge in [-0.25, -0.2) is 0 Å². The first-order valence-corrected chi connectivity index (χ1v) is 6.72. The second-order valence-electron chi connectivity index (χ2n) is 6.12. The van der Waals surface area contributed by atoms with E-state index in [1.54, 1.807) is 0 Å². The van der Waals surface area contributed by atoms with Gasteiger partial charge in [-0.15, -0.1) is 0 Å². The summed E-state index contributed by atoms with van der Waals surface area (Å²) in [4.78, 5) is 5.16. The van der Waals surface area contributed by atoms with Crippen molar-refractivity contribution < 1.29 is 0 Å². The van der Waals surface area contributed by atoms with Crippen molar-refractivity contribution in [2.45, 2.75) is 32.2 Å². The Morgan fingerprint density at radius 2 is 2.19 bits per heavy atom. The van der Waals surface area contributed by atoms with Crippen molar-refractivity contribution in [2.24, 2.45) is 17.6 Å². The highest BCUT2D eigenvalue weighted by molar-refractivity contribution is 5.04. The lowest BCUT2D eigenvalue weighted by Gasteiger charge is -2.49. The standard InChI is InChI=1S/C13H27N3/c1-11(2)8-15(3)13(10-14)5-7-16-6-4-12(13)9-16/h11-12H,4-10,14H2,1-3H3. The van der Waals surface area contributed by atoms with Gasteiger partial charge in [0.05, 0.1) is 0 Å². The van der Waals surface area contributed by atoms with Gasteiger partial charge in [0.2, 0.25) is 0 Å². The van der Waals surface area contributed by atoms with Crippen LogP contribution in [0.1, 0.15) is 26.7 Å². The third kappa shape index (κ3) is 2.01. The zero-order chi connectivity index (χ0) is 11.8. The number of nitrogens with zero attached hydrogens (tertiary/aromatic N) is 2. The maximum Gasteiger partial charge on any atom is 0.0381 e. The summed E-state index contributed by atoms with van der Waals surface area (Å²) >= 11 is 0. The molecule has 2 aliphatic heterocycles. The highest BCUT2D eigenvalue weighted by Crippen LogP contribution is 2.38. The van der Waals surface area contributed by atoms with Crippen LogP contribution in [-0.4, -0.2) is 55.1 Å². The first-order chi connectivity index (χ1) is 7.58. The van der Waals surface area contributed by atoms with E-state index in [0.717, 1.165) is 18.4 Å². The molecular formula is C13H27N3. The number of hydrogen-bond acceptors (Lipinski definition) is 3. The van der Waals surface area contributed by atoms with E-state index in [1.807, 2.05) is 0 Å². The molecule has 16 heavy (non-hydrogen) atoms. The van der Waals surface area contributed by atoms with E-state index in [-0.39, 0.29) is 5.54 Å². The second-order valence-corrected chi connectivity index (χ2v) is 6.12. The minimum absolute atomic E-state index is 0.289. The Hall–Kier alpha value is -0.120. The molecular weight excluding hydrogens is 198 g/mol. The number of hydrogen-bond donors (Lipinski definition) is 1. The smallest absolute Gasteiger partial charge is 0.0381 e. The first-order valence-electron chi connectivity index (χ1n) is 6.72. The van der Waals surface area contributed by atoms with E-state index >= 15 is 0 Å². The summed E-state index contributed by atoms with van der Waals surface area (Å²) < 4.78 is 0. The van der Waals surface area contributed by atoms with Crippen molar-refractivity contribution >= 4 is 0 Å². The van der Waals surface area contributed by atoms with Crippen LogP contribution < -0.4 is 5.73 Å². The molecule has 2 N–H and O–H groups in total. The van der Waals surface area contributed by atoms with E-state index in [0.29, 0.717) is 0 Å². The van der Waals surface area contributed by atoms with Gasteiger partial charge in [0.15, 0.2) is 0 Å². The van der Waals surface area contributed by atoms with Crippen LogP contribution in [0.5, 0.6) is 0 Å². The molecule has 0 saturated carbocycles. The van der Waals surface area contributed by atoms with Gasteiger partial charge in [0.1, 0.15) is 0 Å². The maximum atomic E-state index is 6.14. The van der Waals surface area contributed by atoms with Crippen LogP contribution in [0.15, 0.2) is 0 Å². The quantitative estimate of drug-likeness (QED) is 0.775. The molecule has 2 rings (SSSR count). The van der Waals surface area contributed by atoms with Gasteiger partial charge >= 0.3 is 0 Å². The molecule has 2 saturated heterocycles. The van der Waals surface area contributed by atoms with Crippen molar-refractivity contribution in [1.29, 1.82) is 0 Å². The van der Waals surface area contributed by atoms with Crippen molar-refractivity contribution in [3.8, 4) is 0 Å². The molecule has 3 atom stereocenters. The molecule has 2 bridgehead atoms. The molecule has 0 amide bonds. The molecule has 94 valence electrons. The fourth-order valence-corrected chi connectivity index (χ4v) is 3.69. The number of piperidine rings is 1. The lowest BCUT2D eigenvalue weighted by Crippen LogP contribution is -2.61. The maximum absolute atomic E-state index is 6.14. The summed E-state index contributed by atoms with van der Waals surface area (Å²) in [6, 6.07) is 0. The molecule has 0 aromatic rings. The lowest BCUT2D eigenvalue weighted by molar-refractivity contribution is 0.0196. The molecule has 2 fully saturated rings.